The molecule has 154 valence electrons. The van der Waals surface area contributed by atoms with E-state index in [-0.39, 0.29) is 30.6 Å². The number of nitrogens with zero attached hydrogens (tertiary/aromatic N) is 1. The summed E-state index contributed by atoms with van der Waals surface area (Å²) in [6, 6.07) is 7.68. The summed E-state index contributed by atoms with van der Waals surface area (Å²) >= 11 is 0. The lowest BCUT2D eigenvalue weighted by Gasteiger charge is -2.22. The normalized spacial score (nSPS) is 18.7. The van der Waals surface area contributed by atoms with E-state index < -0.39 is 17.7 Å². The fraction of sp³-hybridized carbons (Fsp3) is 0.364. The van der Waals surface area contributed by atoms with Crippen molar-refractivity contribution in [1.29, 1.82) is 0 Å². The second-order valence-electron chi connectivity index (χ2n) is 7.15. The Morgan fingerprint density at radius 2 is 2.03 bits per heavy atom. The van der Waals surface area contributed by atoms with Crippen molar-refractivity contribution in [1.82, 2.24) is 4.90 Å². The van der Waals surface area contributed by atoms with Crippen molar-refractivity contribution in [2.45, 2.75) is 32.9 Å². The molecule has 7 heteroatoms. The van der Waals surface area contributed by atoms with Crippen molar-refractivity contribution in [2.75, 3.05) is 20.3 Å². The van der Waals surface area contributed by atoms with E-state index in [2.05, 4.69) is 0 Å². The topological polar surface area (TPSA) is 89.2 Å². The molecule has 1 amide bonds. The molecule has 0 radical (unpaired) electrons. The van der Waals surface area contributed by atoms with Gasteiger partial charge in [0.05, 0.1) is 24.5 Å². The molecule has 1 aromatic heterocycles. The third kappa shape index (κ3) is 4.05. The Bertz CT molecular complexity index is 929. The minimum atomic E-state index is -0.813. The average Bonchev–Trinajstić information content (AvgIpc) is 3.29. The first kappa shape index (κ1) is 20.7. The van der Waals surface area contributed by atoms with Crippen LogP contribution in [0.3, 0.4) is 0 Å². The number of carbonyl (C=O) groups excluding carboxylic acids is 2. The Morgan fingerprint density at radius 1 is 1.28 bits per heavy atom. The second kappa shape index (κ2) is 8.53. The van der Waals surface area contributed by atoms with Crippen molar-refractivity contribution >= 4 is 17.4 Å². The van der Waals surface area contributed by atoms with Crippen LogP contribution in [0.25, 0.3) is 5.76 Å². The van der Waals surface area contributed by atoms with Crippen LogP contribution in [-0.4, -0.2) is 48.1 Å². The van der Waals surface area contributed by atoms with Gasteiger partial charge in [0.15, 0.2) is 0 Å². The number of aliphatic hydroxyl groups excluding tert-OH is 1. The SMILES string of the molecule is COCCN1C(=O)C(=O)/C(=C(\O)c2ccc(OC(C)C)c(C)c2)C1c1ccco1. The van der Waals surface area contributed by atoms with E-state index in [1.807, 2.05) is 20.8 Å². The van der Waals surface area contributed by atoms with E-state index in [1.54, 1.807) is 30.3 Å². The van der Waals surface area contributed by atoms with Crippen LogP contribution in [0.2, 0.25) is 0 Å². The number of ketones is 1. The van der Waals surface area contributed by atoms with E-state index in [1.165, 1.54) is 18.3 Å². The highest BCUT2D eigenvalue weighted by Gasteiger charge is 2.47. The van der Waals surface area contributed by atoms with Gasteiger partial charge in [-0.3, -0.25) is 9.59 Å². The summed E-state index contributed by atoms with van der Waals surface area (Å²) < 4.78 is 16.3. The Morgan fingerprint density at radius 3 is 2.62 bits per heavy atom. The van der Waals surface area contributed by atoms with E-state index in [4.69, 9.17) is 13.9 Å². The van der Waals surface area contributed by atoms with E-state index in [9.17, 15) is 14.7 Å². The summed E-state index contributed by atoms with van der Waals surface area (Å²) in [7, 11) is 1.52. The Labute approximate surface area is 169 Å². The van der Waals surface area contributed by atoms with Crippen molar-refractivity contribution in [3.05, 3.63) is 59.1 Å². The van der Waals surface area contributed by atoms with Gasteiger partial charge in [0.2, 0.25) is 0 Å². The lowest BCUT2D eigenvalue weighted by molar-refractivity contribution is -0.140. The van der Waals surface area contributed by atoms with Crippen LogP contribution in [0.1, 0.15) is 36.8 Å². The molecule has 1 aliphatic heterocycles. The first-order chi connectivity index (χ1) is 13.8. The standard InChI is InChI=1S/C22H25NO6/c1-13(2)29-16-8-7-15(12-14(16)3)20(24)18-19(17-6-5-10-28-17)23(9-11-27-4)22(26)21(18)25/h5-8,10,12-13,19,24H,9,11H2,1-4H3/b20-18-. The summed E-state index contributed by atoms with van der Waals surface area (Å²) in [6.07, 6.45) is 1.48. The van der Waals surface area contributed by atoms with Crippen LogP contribution in [0.15, 0.2) is 46.6 Å². The molecule has 1 saturated heterocycles. The molecule has 29 heavy (non-hydrogen) atoms. The zero-order valence-corrected chi connectivity index (χ0v) is 17.0. The number of methoxy groups -OCH3 is 1. The van der Waals surface area contributed by atoms with Gasteiger partial charge in [-0.2, -0.15) is 0 Å². The highest BCUT2D eigenvalue weighted by molar-refractivity contribution is 6.46. The number of carbonyl (C=O) groups is 2. The van der Waals surface area contributed by atoms with Gasteiger partial charge < -0.3 is 23.9 Å². The fourth-order valence-corrected chi connectivity index (χ4v) is 3.38. The Balaban J connectivity index is 2.07. The van der Waals surface area contributed by atoms with Gasteiger partial charge in [-0.1, -0.05) is 0 Å². The van der Waals surface area contributed by atoms with Crippen LogP contribution >= 0.6 is 0 Å². The molecule has 1 unspecified atom stereocenters. The van der Waals surface area contributed by atoms with Crippen LogP contribution in [-0.2, 0) is 14.3 Å². The number of ether oxygens (including phenoxy) is 2. The molecule has 7 nitrogen and oxygen atoms in total. The molecule has 1 aromatic carbocycles. The van der Waals surface area contributed by atoms with Crippen molar-refractivity contribution in [2.24, 2.45) is 0 Å². The molecule has 0 aliphatic carbocycles. The zero-order valence-electron chi connectivity index (χ0n) is 17.0. The van der Waals surface area contributed by atoms with E-state index in [0.717, 1.165) is 5.56 Å². The van der Waals surface area contributed by atoms with Gasteiger partial charge in [0, 0.05) is 19.2 Å². The van der Waals surface area contributed by atoms with Crippen LogP contribution in [0, 0.1) is 6.92 Å². The molecule has 2 aromatic rings. The number of aliphatic hydroxyl groups is 1. The Kier molecular flexibility index (Phi) is 6.08. The van der Waals surface area contributed by atoms with E-state index >= 15 is 0 Å². The number of aryl methyl sites for hydroxylation is 1. The number of benzene rings is 1. The maximum Gasteiger partial charge on any atom is 0.295 e. The lowest BCUT2D eigenvalue weighted by atomic mass is 9.98. The third-order valence-corrected chi connectivity index (χ3v) is 4.70. The second-order valence-corrected chi connectivity index (χ2v) is 7.15. The van der Waals surface area contributed by atoms with Crippen LogP contribution < -0.4 is 4.74 Å². The van der Waals surface area contributed by atoms with Crippen LogP contribution in [0.5, 0.6) is 5.75 Å². The predicted octanol–water partition coefficient (Wildman–Crippen LogP) is 3.44. The summed E-state index contributed by atoms with van der Waals surface area (Å²) in [5.41, 5.74) is 1.24. The molecule has 0 saturated carbocycles. The average molecular weight is 399 g/mol. The summed E-state index contributed by atoms with van der Waals surface area (Å²) in [5.74, 6) is -0.594. The summed E-state index contributed by atoms with van der Waals surface area (Å²) in [4.78, 5) is 26.8. The number of Topliss-reactive ketones (excluding diaryl/α,β-unsaturated/α-hetero) is 1. The number of furan rings is 1. The number of amides is 1. The first-order valence-corrected chi connectivity index (χ1v) is 9.43. The zero-order chi connectivity index (χ0) is 21.1. The Hall–Kier alpha value is -3.06. The largest absolute Gasteiger partial charge is 0.507 e. The fourth-order valence-electron chi connectivity index (χ4n) is 3.38. The van der Waals surface area contributed by atoms with Crippen LogP contribution in [0.4, 0.5) is 0 Å². The molecule has 1 fully saturated rings. The molecular formula is C22H25NO6. The molecule has 1 atom stereocenters. The number of hydrogen-bond acceptors (Lipinski definition) is 6. The van der Waals surface area contributed by atoms with E-state index in [0.29, 0.717) is 17.1 Å². The lowest BCUT2D eigenvalue weighted by Crippen LogP contribution is -2.32. The van der Waals surface area contributed by atoms with Gasteiger partial charge in [0.25, 0.3) is 11.7 Å². The molecule has 1 N–H and O–H groups in total. The number of rotatable bonds is 7. The highest BCUT2D eigenvalue weighted by Crippen LogP contribution is 2.39. The van der Waals surface area contributed by atoms with Gasteiger partial charge >= 0.3 is 0 Å². The molecule has 1 aliphatic rings. The smallest absolute Gasteiger partial charge is 0.295 e. The van der Waals surface area contributed by atoms with Gasteiger partial charge in [-0.25, -0.2) is 0 Å². The summed E-state index contributed by atoms with van der Waals surface area (Å²) in [5, 5.41) is 11.0. The highest BCUT2D eigenvalue weighted by atomic mass is 16.5. The predicted molar refractivity (Wildman–Crippen MR) is 107 cm³/mol. The summed E-state index contributed by atoms with van der Waals surface area (Å²) in [6.45, 7) is 6.17. The maximum atomic E-state index is 12.8. The van der Waals surface area contributed by atoms with Gasteiger partial charge in [-0.05, 0) is 56.7 Å². The minimum Gasteiger partial charge on any atom is -0.507 e. The van der Waals surface area contributed by atoms with Gasteiger partial charge in [0.1, 0.15) is 23.3 Å². The molecule has 2 heterocycles. The third-order valence-electron chi connectivity index (χ3n) is 4.70. The minimum absolute atomic E-state index is 0.00187. The quantitative estimate of drug-likeness (QED) is 0.436. The van der Waals surface area contributed by atoms with Crippen molar-refractivity contribution in [3.8, 4) is 5.75 Å². The molecule has 3 rings (SSSR count). The molecular weight excluding hydrogens is 374 g/mol. The number of likely N-dealkylation sites (tertiary alicyclic amines) is 1. The molecule has 0 bridgehead atoms. The molecule has 0 spiro atoms. The number of hydrogen-bond donors (Lipinski definition) is 1. The first-order valence-electron chi connectivity index (χ1n) is 9.43. The maximum absolute atomic E-state index is 12.8. The monoisotopic (exact) mass is 399 g/mol. The van der Waals surface area contributed by atoms with Gasteiger partial charge in [-0.15, -0.1) is 0 Å². The van der Waals surface area contributed by atoms with Crippen molar-refractivity contribution in [3.63, 3.8) is 0 Å². The van der Waals surface area contributed by atoms with Crippen molar-refractivity contribution < 1.29 is 28.6 Å².